The molecule has 1 nitrogen and oxygen atoms in total. The van der Waals surface area contributed by atoms with E-state index >= 15 is 0 Å². The van der Waals surface area contributed by atoms with Crippen LogP contribution in [0.25, 0.3) is 0 Å². The molecule has 1 aromatic rings. The van der Waals surface area contributed by atoms with Gasteiger partial charge in [0.1, 0.15) is 0 Å². The standard InChI is InChI=1S/C13H18O/c1-9(2)10-3-5-11(6-4-10)13(14)12-7-8-12/h3-6,9,12-14H,7-8H2,1-2H3/t13-/m1/s1. The Morgan fingerprint density at radius 3 is 2.00 bits per heavy atom. The van der Waals surface area contributed by atoms with Crippen molar-refractivity contribution in [2.24, 2.45) is 5.92 Å². The van der Waals surface area contributed by atoms with Gasteiger partial charge in [-0.3, -0.25) is 0 Å². The van der Waals surface area contributed by atoms with E-state index in [4.69, 9.17) is 0 Å². The Bertz CT molecular complexity index is 296. The lowest BCUT2D eigenvalue weighted by Crippen LogP contribution is -1.99. The van der Waals surface area contributed by atoms with Crippen molar-refractivity contribution in [3.05, 3.63) is 35.4 Å². The van der Waals surface area contributed by atoms with Gasteiger partial charge in [-0.1, -0.05) is 38.1 Å². The van der Waals surface area contributed by atoms with E-state index in [0.717, 1.165) is 5.56 Å². The van der Waals surface area contributed by atoms with E-state index in [2.05, 4.69) is 38.1 Å². The van der Waals surface area contributed by atoms with Gasteiger partial charge in [0.15, 0.2) is 0 Å². The maximum Gasteiger partial charge on any atom is 0.0818 e. The Morgan fingerprint density at radius 1 is 1.07 bits per heavy atom. The van der Waals surface area contributed by atoms with E-state index in [9.17, 15) is 5.11 Å². The zero-order valence-electron chi connectivity index (χ0n) is 8.90. The molecule has 0 bridgehead atoms. The van der Waals surface area contributed by atoms with E-state index < -0.39 is 0 Å². The van der Waals surface area contributed by atoms with E-state index in [1.165, 1.54) is 18.4 Å². The second kappa shape index (κ2) is 3.74. The first-order valence-corrected chi connectivity index (χ1v) is 5.46. The van der Waals surface area contributed by atoms with Crippen LogP contribution in [0.2, 0.25) is 0 Å². The van der Waals surface area contributed by atoms with Gasteiger partial charge in [-0.05, 0) is 35.8 Å². The minimum Gasteiger partial charge on any atom is -0.388 e. The smallest absolute Gasteiger partial charge is 0.0818 e. The van der Waals surface area contributed by atoms with Crippen molar-refractivity contribution in [2.45, 2.75) is 38.7 Å². The Kier molecular flexibility index (Phi) is 2.60. The molecule has 0 radical (unpaired) electrons. The monoisotopic (exact) mass is 190 g/mol. The van der Waals surface area contributed by atoms with Gasteiger partial charge in [0.25, 0.3) is 0 Å². The van der Waals surface area contributed by atoms with Crippen LogP contribution in [0.3, 0.4) is 0 Å². The zero-order chi connectivity index (χ0) is 10.1. The second-order valence-electron chi connectivity index (χ2n) is 4.60. The lowest BCUT2D eigenvalue weighted by molar-refractivity contribution is 0.154. The molecule has 0 spiro atoms. The molecule has 0 aromatic heterocycles. The zero-order valence-corrected chi connectivity index (χ0v) is 8.90. The van der Waals surface area contributed by atoms with E-state index in [1.54, 1.807) is 0 Å². The van der Waals surface area contributed by atoms with Crippen LogP contribution >= 0.6 is 0 Å². The summed E-state index contributed by atoms with van der Waals surface area (Å²) in [6.07, 6.45) is 2.15. The van der Waals surface area contributed by atoms with Crippen LogP contribution in [0.4, 0.5) is 0 Å². The highest BCUT2D eigenvalue weighted by Gasteiger charge is 2.30. The second-order valence-corrected chi connectivity index (χ2v) is 4.60. The first-order valence-electron chi connectivity index (χ1n) is 5.46. The molecule has 1 aromatic carbocycles. The summed E-state index contributed by atoms with van der Waals surface area (Å²) in [7, 11) is 0. The molecule has 2 rings (SSSR count). The van der Waals surface area contributed by atoms with Gasteiger partial charge in [-0.2, -0.15) is 0 Å². The summed E-state index contributed by atoms with van der Waals surface area (Å²) in [6, 6.07) is 8.40. The van der Waals surface area contributed by atoms with Gasteiger partial charge < -0.3 is 5.11 Å². The van der Waals surface area contributed by atoms with Crippen LogP contribution < -0.4 is 0 Å². The molecule has 0 amide bonds. The summed E-state index contributed by atoms with van der Waals surface area (Å²) in [5.41, 5.74) is 2.42. The lowest BCUT2D eigenvalue weighted by atomic mass is 9.99. The SMILES string of the molecule is CC(C)c1ccc([C@@H](O)C2CC2)cc1. The van der Waals surface area contributed by atoms with Crippen molar-refractivity contribution < 1.29 is 5.11 Å². The first-order chi connectivity index (χ1) is 6.68. The molecular weight excluding hydrogens is 172 g/mol. The van der Waals surface area contributed by atoms with Crippen LogP contribution in [-0.2, 0) is 0 Å². The van der Waals surface area contributed by atoms with Gasteiger partial charge in [-0.25, -0.2) is 0 Å². The van der Waals surface area contributed by atoms with Gasteiger partial charge in [0.05, 0.1) is 6.10 Å². The van der Waals surface area contributed by atoms with Crippen LogP contribution in [0.15, 0.2) is 24.3 Å². The third-order valence-corrected chi connectivity index (χ3v) is 3.01. The molecule has 1 aliphatic rings. The number of benzene rings is 1. The molecule has 0 aliphatic heterocycles. The minimum absolute atomic E-state index is 0.226. The fraction of sp³-hybridized carbons (Fsp3) is 0.538. The molecule has 1 heteroatoms. The van der Waals surface area contributed by atoms with Crippen LogP contribution in [0.1, 0.15) is 49.8 Å². The van der Waals surface area contributed by atoms with Crippen molar-refractivity contribution in [1.82, 2.24) is 0 Å². The average molecular weight is 190 g/mol. The predicted octanol–water partition coefficient (Wildman–Crippen LogP) is 3.25. The lowest BCUT2D eigenvalue weighted by Gasteiger charge is -2.11. The molecule has 0 heterocycles. The summed E-state index contributed by atoms with van der Waals surface area (Å²) in [5.74, 6) is 1.10. The molecule has 1 saturated carbocycles. The van der Waals surface area contributed by atoms with Crippen LogP contribution in [0, 0.1) is 5.92 Å². The predicted molar refractivity (Wildman–Crippen MR) is 58.2 cm³/mol. The summed E-state index contributed by atoms with van der Waals surface area (Å²) in [6.45, 7) is 4.37. The third kappa shape index (κ3) is 1.98. The molecule has 1 fully saturated rings. The van der Waals surface area contributed by atoms with Crippen molar-refractivity contribution in [1.29, 1.82) is 0 Å². The van der Waals surface area contributed by atoms with Crippen LogP contribution in [0.5, 0.6) is 0 Å². The van der Waals surface area contributed by atoms with E-state index in [-0.39, 0.29) is 6.10 Å². The number of aliphatic hydroxyl groups excluding tert-OH is 1. The summed E-state index contributed by atoms with van der Waals surface area (Å²) in [4.78, 5) is 0. The van der Waals surface area contributed by atoms with E-state index in [1.807, 2.05) is 0 Å². The van der Waals surface area contributed by atoms with Gasteiger partial charge >= 0.3 is 0 Å². The van der Waals surface area contributed by atoms with Crippen molar-refractivity contribution in [3.8, 4) is 0 Å². The first kappa shape index (κ1) is 9.72. The topological polar surface area (TPSA) is 20.2 Å². The van der Waals surface area contributed by atoms with Gasteiger partial charge in [0, 0.05) is 0 Å². The number of rotatable bonds is 3. The largest absolute Gasteiger partial charge is 0.388 e. The molecule has 1 aliphatic carbocycles. The van der Waals surface area contributed by atoms with Gasteiger partial charge in [-0.15, -0.1) is 0 Å². The van der Waals surface area contributed by atoms with Crippen LogP contribution in [-0.4, -0.2) is 5.11 Å². The molecule has 0 saturated heterocycles. The number of aliphatic hydroxyl groups is 1. The molecular formula is C13H18O. The maximum atomic E-state index is 9.89. The molecule has 0 unspecified atom stereocenters. The molecule has 1 N–H and O–H groups in total. The normalized spacial score (nSPS) is 18.6. The fourth-order valence-electron chi connectivity index (χ4n) is 1.76. The maximum absolute atomic E-state index is 9.89. The Labute approximate surface area is 85.8 Å². The highest BCUT2D eigenvalue weighted by Crippen LogP contribution is 2.40. The van der Waals surface area contributed by atoms with Crippen molar-refractivity contribution in [2.75, 3.05) is 0 Å². The highest BCUT2D eigenvalue weighted by atomic mass is 16.3. The summed E-state index contributed by atoms with van der Waals surface area (Å²) >= 11 is 0. The molecule has 1 atom stereocenters. The average Bonchev–Trinajstić information content (AvgIpc) is 3.00. The summed E-state index contributed by atoms with van der Waals surface area (Å²) < 4.78 is 0. The Morgan fingerprint density at radius 2 is 1.57 bits per heavy atom. The minimum atomic E-state index is -0.226. The number of hydrogen-bond donors (Lipinski definition) is 1. The van der Waals surface area contributed by atoms with Gasteiger partial charge in [0.2, 0.25) is 0 Å². The van der Waals surface area contributed by atoms with Crippen molar-refractivity contribution in [3.63, 3.8) is 0 Å². The highest BCUT2D eigenvalue weighted by molar-refractivity contribution is 5.26. The Balaban J connectivity index is 2.12. The van der Waals surface area contributed by atoms with Crippen molar-refractivity contribution >= 4 is 0 Å². The Hall–Kier alpha value is -0.820. The number of hydrogen-bond acceptors (Lipinski definition) is 1. The quantitative estimate of drug-likeness (QED) is 0.775. The summed E-state index contributed by atoms with van der Waals surface area (Å²) in [5, 5.41) is 9.89. The fourth-order valence-corrected chi connectivity index (χ4v) is 1.76. The molecule has 14 heavy (non-hydrogen) atoms. The third-order valence-electron chi connectivity index (χ3n) is 3.01. The van der Waals surface area contributed by atoms with E-state index in [0.29, 0.717) is 11.8 Å². The molecule has 76 valence electrons.